The zero-order valence-corrected chi connectivity index (χ0v) is 19.2. The minimum Gasteiger partial charge on any atom is -0.427 e. The Labute approximate surface area is 186 Å². The van der Waals surface area contributed by atoms with Gasteiger partial charge in [0.2, 0.25) is 0 Å². The average Bonchev–Trinajstić information content (AvgIpc) is 2.76. The lowest BCUT2D eigenvalue weighted by Crippen LogP contribution is -2.52. The van der Waals surface area contributed by atoms with Crippen molar-refractivity contribution in [3.63, 3.8) is 0 Å². The van der Waals surface area contributed by atoms with Gasteiger partial charge >= 0.3 is 5.97 Å². The fourth-order valence-electron chi connectivity index (χ4n) is 5.06. The van der Waals surface area contributed by atoms with Crippen molar-refractivity contribution in [3.8, 4) is 5.75 Å². The maximum atomic E-state index is 12.3. The van der Waals surface area contributed by atoms with E-state index in [-0.39, 0.29) is 17.4 Å². The molecule has 1 aromatic carbocycles. The van der Waals surface area contributed by atoms with Gasteiger partial charge in [0, 0.05) is 31.6 Å². The molecule has 0 amide bonds. The number of benzene rings is 1. The van der Waals surface area contributed by atoms with Gasteiger partial charge in [-0.2, -0.15) is 0 Å². The Kier molecular flexibility index (Phi) is 9.32. The van der Waals surface area contributed by atoms with Crippen LogP contribution in [0.4, 0.5) is 0 Å². The molecule has 0 saturated heterocycles. The lowest BCUT2D eigenvalue weighted by atomic mass is 9.60. The topological polar surface area (TPSA) is 80.0 Å². The van der Waals surface area contributed by atoms with Crippen LogP contribution in [0.2, 0.25) is 0 Å². The molecule has 2 N–H and O–H groups in total. The first kappa shape index (κ1) is 24.2. The Morgan fingerprint density at radius 3 is 2.68 bits per heavy atom. The van der Waals surface area contributed by atoms with E-state index in [0.717, 1.165) is 12.8 Å². The van der Waals surface area contributed by atoms with Crippen molar-refractivity contribution in [1.29, 1.82) is 0 Å². The largest absolute Gasteiger partial charge is 0.427 e. The van der Waals surface area contributed by atoms with E-state index in [0.29, 0.717) is 57.5 Å². The van der Waals surface area contributed by atoms with Gasteiger partial charge in [-0.25, -0.2) is 0 Å². The number of esters is 1. The minimum atomic E-state index is -0.222. The van der Waals surface area contributed by atoms with Crippen LogP contribution in [0.15, 0.2) is 18.2 Å². The van der Waals surface area contributed by atoms with Crippen LogP contribution in [-0.4, -0.2) is 52.2 Å². The number of carbonyl (C=O) groups excluding carboxylic acids is 1. The minimum absolute atomic E-state index is 0.0414. The molecule has 2 aliphatic rings. The fraction of sp³-hybridized carbons (Fsp3) is 0.720. The van der Waals surface area contributed by atoms with E-state index in [1.807, 2.05) is 6.07 Å². The Hall–Kier alpha value is -1.47. The molecule has 31 heavy (non-hydrogen) atoms. The summed E-state index contributed by atoms with van der Waals surface area (Å²) in [6.07, 6.45) is 8.08. The van der Waals surface area contributed by atoms with Gasteiger partial charge < -0.3 is 24.7 Å². The first-order chi connectivity index (χ1) is 15.0. The third-order valence-electron chi connectivity index (χ3n) is 6.90. The van der Waals surface area contributed by atoms with Crippen LogP contribution >= 0.6 is 0 Å². The highest BCUT2D eigenvalue weighted by atomic mass is 16.5. The van der Waals surface area contributed by atoms with Crippen LogP contribution in [0.3, 0.4) is 0 Å². The molecule has 0 spiro atoms. The van der Waals surface area contributed by atoms with Crippen molar-refractivity contribution in [3.05, 3.63) is 29.3 Å². The zero-order chi connectivity index (χ0) is 22.1. The number of ether oxygens (including phenoxy) is 4. The smallest absolute Gasteiger partial charge is 0.311 e. The summed E-state index contributed by atoms with van der Waals surface area (Å²) in [7, 11) is 1.64. The number of fused-ring (bicyclic) bond motifs is 4. The molecular formula is C25H39NO5. The fourth-order valence-corrected chi connectivity index (χ4v) is 5.06. The Morgan fingerprint density at radius 2 is 1.87 bits per heavy atom. The van der Waals surface area contributed by atoms with Gasteiger partial charge in [0.05, 0.1) is 26.4 Å². The zero-order valence-electron chi connectivity index (χ0n) is 19.2. The second kappa shape index (κ2) is 12.0. The number of carbonyl (C=O) groups is 1. The van der Waals surface area contributed by atoms with Gasteiger partial charge in [0.25, 0.3) is 0 Å². The van der Waals surface area contributed by atoms with Crippen LogP contribution in [0.5, 0.6) is 5.75 Å². The molecule has 6 nitrogen and oxygen atoms in total. The highest BCUT2D eigenvalue weighted by Gasteiger charge is 2.43. The first-order valence-corrected chi connectivity index (χ1v) is 11.8. The van der Waals surface area contributed by atoms with Crippen molar-refractivity contribution in [2.24, 2.45) is 11.7 Å². The second-order valence-electron chi connectivity index (χ2n) is 9.12. The molecule has 0 aliphatic heterocycles. The summed E-state index contributed by atoms with van der Waals surface area (Å²) in [6, 6.07) is 6.31. The van der Waals surface area contributed by atoms with E-state index >= 15 is 0 Å². The first-order valence-electron chi connectivity index (χ1n) is 11.8. The van der Waals surface area contributed by atoms with E-state index in [1.165, 1.54) is 36.8 Å². The van der Waals surface area contributed by atoms with Gasteiger partial charge in [-0.3, -0.25) is 4.79 Å². The van der Waals surface area contributed by atoms with Crippen LogP contribution in [-0.2, 0) is 30.8 Å². The molecule has 1 fully saturated rings. The molecule has 2 aliphatic carbocycles. The molecule has 6 heteroatoms. The third-order valence-corrected chi connectivity index (χ3v) is 6.90. The number of nitrogens with two attached hydrogens (primary N) is 1. The summed E-state index contributed by atoms with van der Waals surface area (Å²) in [6.45, 7) is 5.02. The van der Waals surface area contributed by atoms with Gasteiger partial charge in [-0.05, 0) is 54.9 Å². The Bertz CT molecular complexity index is 709. The summed E-state index contributed by atoms with van der Waals surface area (Å²) >= 11 is 0. The lowest BCUT2D eigenvalue weighted by Gasteiger charge is -2.47. The van der Waals surface area contributed by atoms with E-state index < -0.39 is 0 Å². The molecular weight excluding hydrogens is 394 g/mol. The van der Waals surface area contributed by atoms with E-state index in [4.69, 9.17) is 24.7 Å². The lowest BCUT2D eigenvalue weighted by molar-refractivity contribution is -0.134. The number of methoxy groups -OCH3 is 1. The van der Waals surface area contributed by atoms with Gasteiger partial charge in [0.1, 0.15) is 5.75 Å². The quantitative estimate of drug-likeness (QED) is 0.325. The van der Waals surface area contributed by atoms with Crippen LogP contribution < -0.4 is 10.5 Å². The molecule has 0 heterocycles. The van der Waals surface area contributed by atoms with Crippen molar-refractivity contribution < 1.29 is 23.7 Å². The van der Waals surface area contributed by atoms with Gasteiger partial charge in [-0.15, -0.1) is 0 Å². The van der Waals surface area contributed by atoms with Crippen molar-refractivity contribution >= 4 is 5.97 Å². The molecule has 0 aromatic heterocycles. The van der Waals surface area contributed by atoms with Gasteiger partial charge in [-0.1, -0.05) is 32.3 Å². The summed E-state index contributed by atoms with van der Waals surface area (Å²) in [4.78, 5) is 12.3. The molecule has 0 radical (unpaired) electrons. The summed E-state index contributed by atoms with van der Waals surface area (Å²) in [5.41, 5.74) is 9.37. The second-order valence-corrected chi connectivity index (χ2v) is 9.12. The van der Waals surface area contributed by atoms with Crippen LogP contribution in [0, 0.1) is 5.92 Å². The molecule has 1 aromatic rings. The molecule has 3 atom stereocenters. The highest BCUT2D eigenvalue weighted by Crippen LogP contribution is 2.46. The SMILES string of the molecule is COCCOCCOCCCC(=O)Oc1ccc2c(c1)[C@@]1(C)CCCCC[C@@H](C2)[C@@H]1N. The summed E-state index contributed by atoms with van der Waals surface area (Å²) in [5.74, 6) is 0.961. The third kappa shape index (κ3) is 6.51. The predicted molar refractivity (Wildman–Crippen MR) is 120 cm³/mol. The predicted octanol–water partition coefficient (Wildman–Crippen LogP) is 3.77. The molecule has 0 unspecified atom stereocenters. The van der Waals surface area contributed by atoms with E-state index in [1.54, 1.807) is 7.11 Å². The molecule has 3 rings (SSSR count). The number of hydrogen-bond acceptors (Lipinski definition) is 6. The maximum absolute atomic E-state index is 12.3. The standard InChI is InChI=1S/C25H39NO5/c1-25-11-5-3-4-7-20(24(25)26)17-19-9-10-21(18-22(19)25)31-23(27)8-6-12-29-15-16-30-14-13-28-2/h9-10,18,20,24H,3-8,11-17,26H2,1-2H3/t20-,24-,25+/m0/s1. The maximum Gasteiger partial charge on any atom is 0.311 e. The van der Waals surface area contributed by atoms with Crippen molar-refractivity contribution in [2.45, 2.75) is 69.7 Å². The van der Waals surface area contributed by atoms with Gasteiger partial charge in [0.15, 0.2) is 0 Å². The van der Waals surface area contributed by atoms with Crippen molar-refractivity contribution in [2.75, 3.05) is 40.1 Å². The Balaban J connectivity index is 1.48. The Morgan fingerprint density at radius 1 is 1.10 bits per heavy atom. The number of hydrogen-bond donors (Lipinski definition) is 1. The van der Waals surface area contributed by atoms with Crippen molar-refractivity contribution in [1.82, 2.24) is 0 Å². The monoisotopic (exact) mass is 433 g/mol. The number of rotatable bonds is 11. The average molecular weight is 434 g/mol. The molecule has 174 valence electrons. The molecule has 1 saturated carbocycles. The van der Waals surface area contributed by atoms with Crippen LogP contribution in [0.1, 0.15) is 63.0 Å². The summed E-state index contributed by atoms with van der Waals surface area (Å²) in [5, 5.41) is 0. The normalized spacial score (nSPS) is 25.4. The molecule has 2 bridgehead atoms. The van der Waals surface area contributed by atoms with E-state index in [9.17, 15) is 4.79 Å². The van der Waals surface area contributed by atoms with E-state index in [2.05, 4.69) is 19.1 Å². The summed E-state index contributed by atoms with van der Waals surface area (Å²) < 4.78 is 21.4. The van der Waals surface area contributed by atoms with Crippen LogP contribution in [0.25, 0.3) is 0 Å². The highest BCUT2D eigenvalue weighted by molar-refractivity contribution is 5.72.